The summed E-state index contributed by atoms with van der Waals surface area (Å²) < 4.78 is 26.3. The van der Waals surface area contributed by atoms with E-state index in [4.69, 9.17) is 10.4 Å². The highest BCUT2D eigenvalue weighted by molar-refractivity contribution is 7.89. The number of nitriles is 1. The normalized spacial score (nSPS) is 12.9. The van der Waals surface area contributed by atoms with Crippen molar-refractivity contribution >= 4 is 16.0 Å². The molecule has 0 amide bonds. The highest BCUT2D eigenvalue weighted by Gasteiger charge is 2.25. The van der Waals surface area contributed by atoms with Gasteiger partial charge in [0.25, 0.3) is 0 Å². The standard InChI is InChI=1S/C13H16N2O4S/c1-9(2)7-12(13(16)17)15-20(18,19)11-5-3-10(8-14)4-6-11/h3-6,9,12,15H,7H2,1-2H3,(H,16,17)/t12-/m0/s1. The Morgan fingerprint density at radius 2 is 1.90 bits per heavy atom. The number of hydrogen-bond acceptors (Lipinski definition) is 4. The van der Waals surface area contributed by atoms with Gasteiger partial charge in [-0.2, -0.15) is 9.98 Å². The minimum absolute atomic E-state index is 0.0414. The molecule has 1 rings (SSSR count). The molecule has 0 aromatic heterocycles. The summed E-state index contributed by atoms with van der Waals surface area (Å²) in [5.74, 6) is -1.17. The SMILES string of the molecule is CC(C)C[C@H](NS(=O)(=O)c1ccc(C#N)cc1)C(=O)O. The molecular weight excluding hydrogens is 280 g/mol. The predicted molar refractivity (Wildman–Crippen MR) is 72.4 cm³/mol. The van der Waals surface area contributed by atoms with Crippen molar-refractivity contribution in [2.45, 2.75) is 31.2 Å². The fourth-order valence-corrected chi connectivity index (χ4v) is 2.84. The number of nitrogens with zero attached hydrogens (tertiary/aromatic N) is 1. The number of benzene rings is 1. The van der Waals surface area contributed by atoms with Gasteiger partial charge in [-0.05, 0) is 36.6 Å². The fourth-order valence-electron chi connectivity index (χ4n) is 1.63. The molecule has 6 nitrogen and oxygen atoms in total. The van der Waals surface area contributed by atoms with Crippen LogP contribution < -0.4 is 4.72 Å². The van der Waals surface area contributed by atoms with Crippen LogP contribution in [0.1, 0.15) is 25.8 Å². The zero-order chi connectivity index (χ0) is 15.3. The topological polar surface area (TPSA) is 107 Å². The zero-order valence-electron chi connectivity index (χ0n) is 11.2. The average molecular weight is 296 g/mol. The van der Waals surface area contributed by atoms with Crippen molar-refractivity contribution < 1.29 is 18.3 Å². The van der Waals surface area contributed by atoms with Gasteiger partial charge >= 0.3 is 5.97 Å². The maximum atomic E-state index is 12.1. The molecule has 0 aliphatic heterocycles. The summed E-state index contributed by atoms with van der Waals surface area (Å²) in [6.45, 7) is 3.62. The van der Waals surface area contributed by atoms with Gasteiger partial charge < -0.3 is 5.11 Å². The second-order valence-corrected chi connectivity index (χ2v) is 6.49. The molecule has 2 N–H and O–H groups in total. The van der Waals surface area contributed by atoms with Crippen LogP contribution >= 0.6 is 0 Å². The first-order valence-corrected chi connectivity index (χ1v) is 7.50. The summed E-state index contributed by atoms with van der Waals surface area (Å²) in [4.78, 5) is 11.0. The summed E-state index contributed by atoms with van der Waals surface area (Å²) in [5, 5.41) is 17.7. The first kappa shape index (κ1) is 16.1. The summed E-state index contributed by atoms with van der Waals surface area (Å²) in [6, 6.07) is 5.99. The number of aliphatic carboxylic acids is 1. The van der Waals surface area contributed by atoms with Crippen LogP contribution in [0.2, 0.25) is 0 Å². The average Bonchev–Trinajstić information content (AvgIpc) is 2.37. The van der Waals surface area contributed by atoms with E-state index < -0.39 is 22.0 Å². The van der Waals surface area contributed by atoms with Gasteiger partial charge in [-0.1, -0.05) is 13.8 Å². The second kappa shape index (κ2) is 6.50. The molecular formula is C13H16N2O4S. The molecule has 20 heavy (non-hydrogen) atoms. The van der Waals surface area contributed by atoms with Crippen LogP contribution in [0, 0.1) is 17.2 Å². The van der Waals surface area contributed by atoms with Crippen molar-refractivity contribution in [3.05, 3.63) is 29.8 Å². The molecule has 1 atom stereocenters. The maximum absolute atomic E-state index is 12.1. The highest BCUT2D eigenvalue weighted by atomic mass is 32.2. The monoisotopic (exact) mass is 296 g/mol. The Morgan fingerprint density at radius 1 is 1.35 bits per heavy atom. The quantitative estimate of drug-likeness (QED) is 0.823. The largest absolute Gasteiger partial charge is 0.480 e. The molecule has 108 valence electrons. The third-order valence-corrected chi connectivity index (χ3v) is 4.08. The van der Waals surface area contributed by atoms with E-state index in [9.17, 15) is 13.2 Å². The highest BCUT2D eigenvalue weighted by Crippen LogP contribution is 2.13. The van der Waals surface area contributed by atoms with Crippen molar-refractivity contribution in [3.8, 4) is 6.07 Å². The molecule has 0 heterocycles. The van der Waals surface area contributed by atoms with E-state index in [1.54, 1.807) is 0 Å². The van der Waals surface area contributed by atoms with E-state index >= 15 is 0 Å². The lowest BCUT2D eigenvalue weighted by Gasteiger charge is -2.16. The Balaban J connectivity index is 2.97. The number of rotatable bonds is 6. The summed E-state index contributed by atoms with van der Waals surface area (Å²) in [6.07, 6.45) is 0.199. The third kappa shape index (κ3) is 4.33. The number of hydrogen-bond donors (Lipinski definition) is 2. The Kier molecular flexibility index (Phi) is 5.25. The molecule has 0 radical (unpaired) electrons. The number of carboxylic acid groups (broad SMARTS) is 1. The molecule has 1 aromatic rings. The minimum atomic E-state index is -3.92. The Labute approximate surface area is 118 Å². The van der Waals surface area contributed by atoms with E-state index in [1.165, 1.54) is 24.3 Å². The predicted octanol–water partition coefficient (Wildman–Crippen LogP) is 1.34. The number of nitrogens with one attached hydrogen (secondary N) is 1. The summed E-state index contributed by atoms with van der Waals surface area (Å²) >= 11 is 0. The van der Waals surface area contributed by atoms with Gasteiger partial charge in [0, 0.05) is 0 Å². The van der Waals surface area contributed by atoms with Gasteiger partial charge in [-0.3, -0.25) is 4.79 Å². The summed E-state index contributed by atoms with van der Waals surface area (Å²) in [7, 11) is -3.92. The summed E-state index contributed by atoms with van der Waals surface area (Å²) in [5.41, 5.74) is 0.334. The van der Waals surface area contributed by atoms with Crippen molar-refractivity contribution in [3.63, 3.8) is 0 Å². The van der Waals surface area contributed by atoms with Gasteiger partial charge in [0.2, 0.25) is 10.0 Å². The Hall–Kier alpha value is -1.91. The van der Waals surface area contributed by atoms with Crippen LogP contribution in [0.5, 0.6) is 0 Å². The lowest BCUT2D eigenvalue weighted by atomic mass is 10.1. The van der Waals surface area contributed by atoms with Gasteiger partial charge in [-0.25, -0.2) is 8.42 Å². The van der Waals surface area contributed by atoms with E-state index in [0.29, 0.717) is 5.56 Å². The molecule has 0 aliphatic rings. The van der Waals surface area contributed by atoms with Crippen molar-refractivity contribution in [2.24, 2.45) is 5.92 Å². The van der Waals surface area contributed by atoms with Gasteiger partial charge in [0.05, 0.1) is 16.5 Å². The molecule has 0 unspecified atom stereocenters. The van der Waals surface area contributed by atoms with Gasteiger partial charge in [-0.15, -0.1) is 0 Å². The molecule has 0 saturated heterocycles. The lowest BCUT2D eigenvalue weighted by molar-refractivity contribution is -0.139. The van der Waals surface area contributed by atoms with Crippen LogP contribution in [0.15, 0.2) is 29.2 Å². The van der Waals surface area contributed by atoms with E-state index in [2.05, 4.69) is 4.72 Å². The van der Waals surface area contributed by atoms with Gasteiger partial charge in [0.15, 0.2) is 0 Å². The van der Waals surface area contributed by atoms with E-state index in [1.807, 2.05) is 19.9 Å². The molecule has 0 bridgehead atoms. The number of carboxylic acids is 1. The van der Waals surface area contributed by atoms with E-state index in [-0.39, 0.29) is 17.2 Å². The number of carbonyl (C=O) groups is 1. The van der Waals surface area contributed by atoms with Crippen LogP contribution in [0.3, 0.4) is 0 Å². The third-order valence-electron chi connectivity index (χ3n) is 2.60. The minimum Gasteiger partial charge on any atom is -0.480 e. The molecule has 0 fully saturated rings. The molecule has 7 heteroatoms. The van der Waals surface area contributed by atoms with Crippen molar-refractivity contribution in [1.82, 2.24) is 4.72 Å². The van der Waals surface area contributed by atoms with E-state index in [0.717, 1.165) is 0 Å². The molecule has 0 spiro atoms. The zero-order valence-corrected chi connectivity index (χ0v) is 12.0. The second-order valence-electron chi connectivity index (χ2n) is 4.78. The van der Waals surface area contributed by atoms with Crippen LogP contribution in [0.25, 0.3) is 0 Å². The van der Waals surface area contributed by atoms with Crippen LogP contribution in [-0.4, -0.2) is 25.5 Å². The number of sulfonamides is 1. The smallest absolute Gasteiger partial charge is 0.321 e. The van der Waals surface area contributed by atoms with Crippen molar-refractivity contribution in [1.29, 1.82) is 5.26 Å². The fraction of sp³-hybridized carbons (Fsp3) is 0.385. The van der Waals surface area contributed by atoms with Gasteiger partial charge in [0.1, 0.15) is 6.04 Å². The first-order chi connectivity index (χ1) is 9.26. The molecule has 0 saturated carbocycles. The van der Waals surface area contributed by atoms with Crippen LogP contribution in [-0.2, 0) is 14.8 Å². The Bertz CT molecular complexity index is 615. The van der Waals surface area contributed by atoms with Crippen molar-refractivity contribution in [2.75, 3.05) is 0 Å². The molecule has 1 aromatic carbocycles. The Morgan fingerprint density at radius 3 is 2.30 bits per heavy atom. The first-order valence-electron chi connectivity index (χ1n) is 6.01. The van der Waals surface area contributed by atoms with Crippen LogP contribution in [0.4, 0.5) is 0 Å². The lowest BCUT2D eigenvalue weighted by Crippen LogP contribution is -2.41. The maximum Gasteiger partial charge on any atom is 0.321 e. The molecule has 0 aliphatic carbocycles.